The molecule has 0 aromatic heterocycles. The van der Waals surface area contributed by atoms with E-state index in [1.165, 1.54) is 0 Å². The van der Waals surface area contributed by atoms with Crippen molar-refractivity contribution in [2.45, 2.75) is 0 Å². The molecule has 36 heavy (non-hydrogen) atoms. The molecule has 0 atom stereocenters. The van der Waals surface area contributed by atoms with Crippen molar-refractivity contribution in [2.75, 3.05) is 28.4 Å². The van der Waals surface area contributed by atoms with Crippen LogP contribution in [0.1, 0.15) is 0 Å². The molecule has 0 amide bonds. The molecule has 0 fully saturated rings. The molecule has 0 aliphatic rings. The average molecular weight is 608 g/mol. The first-order valence-electron chi connectivity index (χ1n) is 11.3. The Morgan fingerprint density at radius 1 is 0.444 bits per heavy atom. The van der Waals surface area contributed by atoms with Gasteiger partial charge in [-0.1, -0.05) is 56.1 Å². The van der Waals surface area contributed by atoms with Crippen LogP contribution >= 0.6 is 31.9 Å². The summed E-state index contributed by atoms with van der Waals surface area (Å²) < 4.78 is 24.9. The van der Waals surface area contributed by atoms with Gasteiger partial charge < -0.3 is 18.9 Å². The SMILES string of the molecule is COc1cc2c(-c3cccc(Br)c3)c3cc(OC)c(OC)cc3c(-c3cccc(Br)c3)c2cc1OC. The highest BCUT2D eigenvalue weighted by Crippen LogP contribution is 2.49. The molecule has 0 saturated heterocycles. The Kier molecular flexibility index (Phi) is 6.82. The van der Waals surface area contributed by atoms with Crippen LogP contribution in [0.15, 0.2) is 81.7 Å². The van der Waals surface area contributed by atoms with E-state index in [-0.39, 0.29) is 0 Å². The molecule has 0 heterocycles. The number of hydrogen-bond acceptors (Lipinski definition) is 4. The summed E-state index contributed by atoms with van der Waals surface area (Å²) in [6, 6.07) is 24.8. The smallest absolute Gasteiger partial charge is 0.161 e. The number of rotatable bonds is 6. The summed E-state index contributed by atoms with van der Waals surface area (Å²) >= 11 is 7.31. The standard InChI is InChI=1S/C30H24Br2O4/c1-33-25-13-21-22(14-26(25)34-2)30(18-8-6-10-20(32)12-18)24-16-28(36-4)27(35-3)15-23(24)29(21)17-7-5-9-19(31)11-17/h5-16H,1-4H3. The fourth-order valence-electron chi connectivity index (χ4n) is 4.79. The van der Waals surface area contributed by atoms with Crippen LogP contribution in [0.2, 0.25) is 0 Å². The second-order valence-corrected chi connectivity index (χ2v) is 10.1. The van der Waals surface area contributed by atoms with E-state index in [1.54, 1.807) is 28.4 Å². The molecule has 0 aliphatic carbocycles. The van der Waals surface area contributed by atoms with Gasteiger partial charge >= 0.3 is 0 Å². The zero-order valence-corrected chi connectivity index (χ0v) is 23.5. The van der Waals surface area contributed by atoms with Crippen molar-refractivity contribution < 1.29 is 18.9 Å². The van der Waals surface area contributed by atoms with Crippen molar-refractivity contribution in [1.29, 1.82) is 0 Å². The van der Waals surface area contributed by atoms with E-state index in [4.69, 9.17) is 18.9 Å². The van der Waals surface area contributed by atoms with Crippen molar-refractivity contribution in [3.05, 3.63) is 81.7 Å². The Bertz CT molecular complexity index is 1420. The average Bonchev–Trinajstić information content (AvgIpc) is 2.89. The molecular weight excluding hydrogens is 584 g/mol. The zero-order chi connectivity index (χ0) is 25.4. The maximum absolute atomic E-state index is 5.73. The van der Waals surface area contributed by atoms with Crippen LogP contribution in [0, 0.1) is 0 Å². The molecule has 0 spiro atoms. The lowest BCUT2D eigenvalue weighted by Crippen LogP contribution is -1.97. The first-order chi connectivity index (χ1) is 17.5. The summed E-state index contributed by atoms with van der Waals surface area (Å²) in [5, 5.41) is 4.17. The molecule has 5 aromatic carbocycles. The maximum Gasteiger partial charge on any atom is 0.161 e. The number of hydrogen-bond donors (Lipinski definition) is 0. The summed E-state index contributed by atoms with van der Waals surface area (Å²) in [6.45, 7) is 0. The Morgan fingerprint density at radius 2 is 0.750 bits per heavy atom. The minimum atomic E-state index is 0.668. The van der Waals surface area contributed by atoms with Gasteiger partial charge in [0.15, 0.2) is 23.0 Å². The van der Waals surface area contributed by atoms with Gasteiger partial charge in [0.25, 0.3) is 0 Å². The molecule has 0 saturated carbocycles. The summed E-state index contributed by atoms with van der Waals surface area (Å²) in [5.74, 6) is 2.67. The second kappa shape index (κ2) is 10.0. The van der Waals surface area contributed by atoms with E-state index >= 15 is 0 Å². The summed E-state index contributed by atoms with van der Waals surface area (Å²) in [6.07, 6.45) is 0. The van der Waals surface area contributed by atoms with Crippen LogP contribution < -0.4 is 18.9 Å². The Morgan fingerprint density at radius 3 is 1.00 bits per heavy atom. The number of methoxy groups -OCH3 is 4. The monoisotopic (exact) mass is 606 g/mol. The molecule has 0 radical (unpaired) electrons. The van der Waals surface area contributed by atoms with Crippen molar-refractivity contribution in [2.24, 2.45) is 0 Å². The van der Waals surface area contributed by atoms with Gasteiger partial charge in [-0.15, -0.1) is 0 Å². The molecule has 6 heteroatoms. The van der Waals surface area contributed by atoms with E-state index in [1.807, 2.05) is 24.3 Å². The zero-order valence-electron chi connectivity index (χ0n) is 20.3. The van der Waals surface area contributed by atoms with E-state index < -0.39 is 0 Å². The van der Waals surface area contributed by atoms with E-state index in [0.29, 0.717) is 23.0 Å². The predicted molar refractivity (Wildman–Crippen MR) is 154 cm³/mol. The normalized spacial score (nSPS) is 11.1. The second-order valence-electron chi connectivity index (χ2n) is 8.28. The van der Waals surface area contributed by atoms with Crippen LogP contribution in [0.4, 0.5) is 0 Å². The largest absolute Gasteiger partial charge is 0.493 e. The third-order valence-corrected chi connectivity index (χ3v) is 7.34. The highest BCUT2D eigenvalue weighted by molar-refractivity contribution is 9.10. The van der Waals surface area contributed by atoms with Gasteiger partial charge in [-0.05, 0) is 92.3 Å². The van der Waals surface area contributed by atoms with Gasteiger partial charge in [0.2, 0.25) is 0 Å². The van der Waals surface area contributed by atoms with E-state index in [0.717, 1.165) is 52.7 Å². The Hall–Kier alpha value is -3.22. The summed E-state index contributed by atoms with van der Waals surface area (Å²) in [4.78, 5) is 0. The predicted octanol–water partition coefficient (Wildman–Crippen LogP) is 8.89. The summed E-state index contributed by atoms with van der Waals surface area (Å²) in [5.41, 5.74) is 4.28. The number of benzene rings is 5. The number of fused-ring (bicyclic) bond motifs is 2. The van der Waals surface area contributed by atoms with Gasteiger partial charge in [0, 0.05) is 8.95 Å². The minimum Gasteiger partial charge on any atom is -0.493 e. The molecule has 0 unspecified atom stereocenters. The van der Waals surface area contributed by atoms with Crippen molar-refractivity contribution in [3.8, 4) is 45.3 Å². The first kappa shape index (κ1) is 24.5. The highest BCUT2D eigenvalue weighted by atomic mass is 79.9. The van der Waals surface area contributed by atoms with E-state index in [2.05, 4.69) is 80.4 Å². The van der Waals surface area contributed by atoms with Gasteiger partial charge in [-0.25, -0.2) is 0 Å². The molecule has 0 bridgehead atoms. The fourth-order valence-corrected chi connectivity index (χ4v) is 5.58. The van der Waals surface area contributed by atoms with Crippen LogP contribution in [-0.4, -0.2) is 28.4 Å². The van der Waals surface area contributed by atoms with Gasteiger partial charge in [-0.2, -0.15) is 0 Å². The third kappa shape index (κ3) is 4.18. The first-order valence-corrected chi connectivity index (χ1v) is 12.9. The fraction of sp³-hybridized carbons (Fsp3) is 0.133. The lowest BCUT2D eigenvalue weighted by Gasteiger charge is -2.21. The van der Waals surface area contributed by atoms with Crippen molar-refractivity contribution >= 4 is 53.4 Å². The Labute approximate surface area is 227 Å². The van der Waals surface area contributed by atoms with Gasteiger partial charge in [-0.3, -0.25) is 0 Å². The molecule has 5 aromatic rings. The minimum absolute atomic E-state index is 0.668. The number of ether oxygens (including phenoxy) is 4. The van der Waals surface area contributed by atoms with Crippen LogP contribution in [0.3, 0.4) is 0 Å². The molecular formula is C30H24Br2O4. The lowest BCUT2D eigenvalue weighted by atomic mass is 9.85. The van der Waals surface area contributed by atoms with Crippen LogP contribution in [-0.2, 0) is 0 Å². The molecule has 182 valence electrons. The third-order valence-electron chi connectivity index (χ3n) is 6.35. The van der Waals surface area contributed by atoms with Crippen LogP contribution in [0.25, 0.3) is 43.8 Å². The van der Waals surface area contributed by atoms with Gasteiger partial charge in [0.05, 0.1) is 28.4 Å². The molecule has 0 aliphatic heterocycles. The quantitative estimate of drug-likeness (QED) is 0.181. The van der Waals surface area contributed by atoms with Crippen LogP contribution in [0.5, 0.6) is 23.0 Å². The number of halogens is 2. The maximum atomic E-state index is 5.73. The topological polar surface area (TPSA) is 36.9 Å². The lowest BCUT2D eigenvalue weighted by molar-refractivity contribution is 0.355. The van der Waals surface area contributed by atoms with Gasteiger partial charge in [0.1, 0.15) is 0 Å². The Balaban J connectivity index is 2.08. The molecule has 4 nitrogen and oxygen atoms in total. The molecule has 0 N–H and O–H groups in total. The molecule has 5 rings (SSSR count). The van der Waals surface area contributed by atoms with Crippen molar-refractivity contribution in [1.82, 2.24) is 0 Å². The highest BCUT2D eigenvalue weighted by Gasteiger charge is 2.22. The van der Waals surface area contributed by atoms with E-state index in [9.17, 15) is 0 Å². The summed E-state index contributed by atoms with van der Waals surface area (Å²) in [7, 11) is 6.64. The van der Waals surface area contributed by atoms with Crippen molar-refractivity contribution in [3.63, 3.8) is 0 Å².